The zero-order valence-corrected chi connectivity index (χ0v) is 32.1. The number of hydrogen-bond acceptors (Lipinski definition) is 5. The minimum Gasteiger partial charge on any atom is -0.321 e. The summed E-state index contributed by atoms with van der Waals surface area (Å²) in [5, 5.41) is 2.17. The van der Waals surface area contributed by atoms with Gasteiger partial charge >= 0.3 is 0 Å². The van der Waals surface area contributed by atoms with Crippen molar-refractivity contribution in [1.82, 2.24) is 19.5 Å². The van der Waals surface area contributed by atoms with Crippen LogP contribution >= 0.6 is 0 Å². The maximum absolute atomic E-state index is 9.75. The Kier molecular flexibility index (Phi) is 7.86. The van der Waals surface area contributed by atoms with E-state index in [1.807, 2.05) is 67.4 Å². The summed E-state index contributed by atoms with van der Waals surface area (Å²) in [6.45, 7) is 7.15. The lowest BCUT2D eigenvalue weighted by atomic mass is 9.88. The molecule has 0 aliphatic carbocycles. The van der Waals surface area contributed by atoms with Crippen LogP contribution in [-0.2, 0) is 11.8 Å². The van der Waals surface area contributed by atoms with Crippen LogP contribution in [0.1, 0.15) is 40.2 Å². The normalized spacial score (nSPS) is 13.5. The number of aromatic nitrogens is 4. The highest BCUT2D eigenvalue weighted by Gasteiger charge is 2.31. The van der Waals surface area contributed by atoms with Gasteiger partial charge in [0.15, 0.2) is 0 Å². The molecule has 6 nitrogen and oxygen atoms in total. The van der Waals surface area contributed by atoms with E-state index < -0.39 is 6.37 Å². The molecule has 6 heteroatoms. The van der Waals surface area contributed by atoms with Gasteiger partial charge < -0.3 is 9.80 Å². The van der Waals surface area contributed by atoms with Crippen LogP contribution in [0.2, 0.25) is 0 Å². The van der Waals surface area contributed by atoms with Crippen molar-refractivity contribution in [2.75, 3.05) is 16.5 Å². The number of fused-ring (bicyclic) bond motifs is 4. The lowest BCUT2D eigenvalue weighted by Gasteiger charge is -2.27. The Hall–Kier alpha value is -7.05. The van der Waals surface area contributed by atoms with E-state index in [9.17, 15) is 2.74 Å². The minimum absolute atomic E-state index is 0.0537. The summed E-state index contributed by atoms with van der Waals surface area (Å²) in [6, 6.07) is 49.7. The van der Waals surface area contributed by atoms with Crippen molar-refractivity contribution in [2.45, 2.75) is 32.6 Å². The van der Waals surface area contributed by atoms with Gasteiger partial charge in [0.2, 0.25) is 0 Å². The second kappa shape index (κ2) is 13.9. The highest BCUT2D eigenvalue weighted by molar-refractivity contribution is 6.09. The second-order valence-electron chi connectivity index (χ2n) is 15.6. The van der Waals surface area contributed by atoms with Crippen LogP contribution in [0.3, 0.4) is 0 Å². The second-order valence-corrected chi connectivity index (χ2v) is 15.6. The fraction of sp³-hybridized carbons (Fsp3) is 0.118. The highest BCUT2D eigenvalue weighted by Crippen LogP contribution is 2.50. The summed E-state index contributed by atoms with van der Waals surface area (Å²) in [5.74, 6) is 0.818. The van der Waals surface area contributed by atoms with E-state index in [4.69, 9.17) is 4.98 Å². The van der Waals surface area contributed by atoms with E-state index in [1.54, 1.807) is 0 Å². The van der Waals surface area contributed by atoms with Crippen LogP contribution in [0.5, 0.6) is 0 Å². The Bertz CT molecular complexity index is 2950. The molecule has 0 amide bonds. The van der Waals surface area contributed by atoms with E-state index in [2.05, 4.69) is 154 Å². The molecule has 0 unspecified atom stereocenters. The molecule has 0 saturated heterocycles. The molecule has 0 N–H and O–H groups in total. The summed E-state index contributed by atoms with van der Waals surface area (Å²) in [5.41, 5.74) is 12.7. The average Bonchev–Trinajstić information content (AvgIpc) is 3.82. The molecule has 5 aromatic carbocycles. The van der Waals surface area contributed by atoms with Gasteiger partial charge in [-0.1, -0.05) is 93.6 Å². The molecule has 0 atom stereocenters. The van der Waals surface area contributed by atoms with Gasteiger partial charge in [-0.15, -0.1) is 0 Å². The standard InChI is InChI=1S/C51H42N6/c1-51(2,3)39-24-29-54-49(33-39)57-45-15-5-4-12-43(45)44-19-18-36(32-48(44)57)30-35-10-8-11-40(31-35)55-34-56(47-17-7-6-16-46(47)55)50-41(37-20-25-52-26-21-37)13-9-14-42(50)38-22-27-53-28-23-38/h4-29,31-33H,30,34H2,1-3H3/i30D2. The van der Waals surface area contributed by atoms with Gasteiger partial charge in [-0.25, -0.2) is 4.98 Å². The predicted octanol–water partition coefficient (Wildman–Crippen LogP) is 12.4. The van der Waals surface area contributed by atoms with Crippen LogP contribution in [0.25, 0.3) is 49.9 Å². The van der Waals surface area contributed by atoms with Gasteiger partial charge in [0.1, 0.15) is 12.5 Å². The van der Waals surface area contributed by atoms with E-state index in [-0.39, 0.29) is 5.41 Å². The number of anilines is 4. The summed E-state index contributed by atoms with van der Waals surface area (Å²) >= 11 is 0. The lowest BCUT2D eigenvalue weighted by molar-refractivity contribution is 0.588. The van der Waals surface area contributed by atoms with Crippen molar-refractivity contribution in [3.8, 4) is 28.1 Å². The summed E-state index contributed by atoms with van der Waals surface area (Å²) in [6.07, 6.45) is 7.40. The summed E-state index contributed by atoms with van der Waals surface area (Å²) < 4.78 is 21.7. The highest BCUT2D eigenvalue weighted by atomic mass is 15.4. The van der Waals surface area contributed by atoms with Gasteiger partial charge in [0.05, 0.1) is 28.1 Å². The van der Waals surface area contributed by atoms with Gasteiger partial charge in [0, 0.05) is 61.3 Å². The Morgan fingerprint density at radius 3 is 1.91 bits per heavy atom. The smallest absolute Gasteiger partial charge is 0.137 e. The van der Waals surface area contributed by atoms with Crippen LogP contribution in [0, 0.1) is 0 Å². The van der Waals surface area contributed by atoms with Crippen molar-refractivity contribution in [2.24, 2.45) is 0 Å². The molecule has 9 aromatic rings. The topological polar surface area (TPSA) is 50.1 Å². The molecule has 10 rings (SSSR count). The first-order chi connectivity index (χ1) is 28.7. The number of pyridine rings is 3. The van der Waals surface area contributed by atoms with Crippen LogP contribution in [-0.4, -0.2) is 26.2 Å². The molecule has 5 heterocycles. The van der Waals surface area contributed by atoms with Gasteiger partial charge in [0.25, 0.3) is 0 Å². The van der Waals surface area contributed by atoms with E-state index in [1.165, 1.54) is 5.56 Å². The number of hydrogen-bond donors (Lipinski definition) is 0. The van der Waals surface area contributed by atoms with Crippen LogP contribution in [0.4, 0.5) is 22.7 Å². The first-order valence-corrected chi connectivity index (χ1v) is 19.4. The fourth-order valence-corrected chi connectivity index (χ4v) is 8.21. The van der Waals surface area contributed by atoms with Crippen molar-refractivity contribution in [3.63, 3.8) is 0 Å². The van der Waals surface area contributed by atoms with Gasteiger partial charge in [-0.05, 0) is 112 Å². The Morgan fingerprint density at radius 1 is 0.561 bits per heavy atom. The first-order valence-electron chi connectivity index (χ1n) is 20.4. The molecule has 0 spiro atoms. The molecule has 0 radical (unpaired) electrons. The molecule has 1 aliphatic heterocycles. The predicted molar refractivity (Wildman–Crippen MR) is 235 cm³/mol. The van der Waals surface area contributed by atoms with E-state index in [0.717, 1.165) is 72.6 Å². The van der Waals surface area contributed by atoms with Crippen LogP contribution < -0.4 is 9.80 Å². The molecular formula is C51H42N6. The summed E-state index contributed by atoms with van der Waals surface area (Å²) in [7, 11) is 0. The first kappa shape index (κ1) is 32.2. The third kappa shape index (κ3) is 6.20. The number of para-hydroxylation sites is 4. The minimum atomic E-state index is -1.81. The Balaban J connectivity index is 1.07. The SMILES string of the molecule is [2H]C([2H])(c1cccc(N2CN(c3c(-c4ccncc4)cccc3-c3ccncc3)c3ccccc32)c1)c1ccc2c3ccccc3n(-c3cc(C(C)(C)C)ccn3)c2c1. The van der Waals surface area contributed by atoms with Gasteiger partial charge in [-0.2, -0.15) is 0 Å². The summed E-state index contributed by atoms with van der Waals surface area (Å²) in [4.78, 5) is 18.1. The van der Waals surface area contributed by atoms with E-state index in [0.29, 0.717) is 17.8 Å². The zero-order valence-electron chi connectivity index (χ0n) is 34.1. The Labute approximate surface area is 336 Å². The maximum Gasteiger partial charge on any atom is 0.137 e. The molecule has 0 bridgehead atoms. The number of nitrogens with zero attached hydrogens (tertiary/aromatic N) is 6. The molecular weight excluding hydrogens is 697 g/mol. The van der Waals surface area contributed by atoms with E-state index >= 15 is 0 Å². The van der Waals surface area contributed by atoms with Crippen molar-refractivity contribution < 1.29 is 2.74 Å². The van der Waals surface area contributed by atoms with Crippen LogP contribution in [0.15, 0.2) is 177 Å². The van der Waals surface area contributed by atoms with Gasteiger partial charge in [-0.3, -0.25) is 14.5 Å². The fourth-order valence-electron chi connectivity index (χ4n) is 8.21. The van der Waals surface area contributed by atoms with Crippen molar-refractivity contribution in [1.29, 1.82) is 0 Å². The molecule has 57 heavy (non-hydrogen) atoms. The maximum atomic E-state index is 9.75. The monoisotopic (exact) mass is 740 g/mol. The largest absolute Gasteiger partial charge is 0.321 e. The molecule has 0 saturated carbocycles. The molecule has 276 valence electrons. The molecule has 4 aromatic heterocycles. The number of rotatable bonds is 7. The third-order valence-corrected chi connectivity index (χ3v) is 11.0. The lowest BCUT2D eigenvalue weighted by Crippen LogP contribution is -2.25. The molecule has 0 fully saturated rings. The number of benzene rings is 5. The third-order valence-electron chi connectivity index (χ3n) is 11.0. The zero-order chi connectivity index (χ0) is 40.3. The average molecular weight is 741 g/mol. The molecule has 1 aliphatic rings. The Morgan fingerprint density at radius 2 is 1.19 bits per heavy atom. The quantitative estimate of drug-likeness (QED) is 0.163. The van der Waals surface area contributed by atoms with Crippen molar-refractivity contribution >= 4 is 44.6 Å². The van der Waals surface area contributed by atoms with Crippen molar-refractivity contribution in [3.05, 3.63) is 193 Å².